The van der Waals surface area contributed by atoms with Crippen LogP contribution in [-0.4, -0.2) is 32.0 Å². The van der Waals surface area contributed by atoms with Crippen LogP contribution in [0.5, 0.6) is 0 Å². The van der Waals surface area contributed by atoms with Crippen molar-refractivity contribution in [2.75, 3.05) is 5.32 Å². The molecule has 3 rings (SSSR count). The summed E-state index contributed by atoms with van der Waals surface area (Å²) in [5.41, 5.74) is 0.635. The molecule has 0 radical (unpaired) electrons. The first-order valence-corrected chi connectivity index (χ1v) is 10.2. The van der Waals surface area contributed by atoms with E-state index in [0.717, 1.165) is 23.8 Å². The molecule has 1 aromatic heterocycles. The average Bonchev–Trinajstić information content (AvgIpc) is 3.03. The average molecular weight is 388 g/mol. The van der Waals surface area contributed by atoms with Gasteiger partial charge in [0.15, 0.2) is 5.16 Å². The molecule has 27 heavy (non-hydrogen) atoms. The molecule has 1 aliphatic rings. The summed E-state index contributed by atoms with van der Waals surface area (Å²) in [6.45, 7) is 3.72. The number of aryl methyl sites for hydroxylation is 1. The first kappa shape index (κ1) is 19.4. The van der Waals surface area contributed by atoms with Gasteiger partial charge in [0.25, 0.3) is 0 Å². The number of nitrogens with one attached hydrogen (secondary N) is 2. The van der Waals surface area contributed by atoms with Crippen LogP contribution in [0.25, 0.3) is 0 Å². The Morgan fingerprint density at radius 2 is 1.85 bits per heavy atom. The van der Waals surface area contributed by atoms with E-state index in [1.54, 1.807) is 19.1 Å². The molecule has 3 amide bonds. The fourth-order valence-electron chi connectivity index (χ4n) is 3.30. The van der Waals surface area contributed by atoms with E-state index < -0.39 is 11.3 Å². The van der Waals surface area contributed by atoms with E-state index in [2.05, 4.69) is 25.4 Å². The summed E-state index contributed by atoms with van der Waals surface area (Å²) in [6.07, 6.45) is 5.93. The van der Waals surface area contributed by atoms with Gasteiger partial charge in [-0.15, -0.1) is 10.2 Å². The number of carbonyl (C=O) groups excluding carboxylic acids is 2. The third kappa shape index (κ3) is 5.09. The molecule has 1 unspecified atom stereocenters. The highest BCUT2D eigenvalue weighted by Crippen LogP contribution is 2.33. The van der Waals surface area contributed by atoms with Crippen LogP contribution in [0.3, 0.4) is 0 Å². The van der Waals surface area contributed by atoms with Crippen molar-refractivity contribution in [1.29, 1.82) is 0 Å². The second-order valence-corrected chi connectivity index (χ2v) is 8.07. The van der Waals surface area contributed by atoms with Crippen LogP contribution in [0.1, 0.15) is 50.9 Å². The minimum Gasteiger partial charge on any atom is -0.308 e. The lowest BCUT2D eigenvalue weighted by Crippen LogP contribution is -2.39. The zero-order chi connectivity index (χ0) is 19.2. The van der Waals surface area contributed by atoms with Crippen molar-refractivity contribution in [2.24, 2.45) is 0 Å². The summed E-state index contributed by atoms with van der Waals surface area (Å²) in [5, 5.41) is 13.8. The van der Waals surface area contributed by atoms with E-state index in [1.807, 2.05) is 25.1 Å². The number of carbonyl (C=O) groups is 2. The van der Waals surface area contributed by atoms with Gasteiger partial charge in [0.05, 0.1) is 5.25 Å². The first-order valence-electron chi connectivity index (χ1n) is 9.29. The van der Waals surface area contributed by atoms with Gasteiger partial charge in [0.1, 0.15) is 5.82 Å². The van der Waals surface area contributed by atoms with E-state index in [-0.39, 0.29) is 5.91 Å². The highest BCUT2D eigenvalue weighted by Gasteiger charge is 2.25. The van der Waals surface area contributed by atoms with Crippen molar-refractivity contribution >= 4 is 29.4 Å². The molecule has 1 fully saturated rings. The first-order chi connectivity index (χ1) is 13.0. The predicted octanol–water partition coefficient (Wildman–Crippen LogP) is 3.92. The summed E-state index contributed by atoms with van der Waals surface area (Å²) < 4.78 is 2.15. The van der Waals surface area contributed by atoms with Gasteiger partial charge in [-0.3, -0.25) is 10.1 Å². The Balaban J connectivity index is 1.59. The maximum atomic E-state index is 12.4. The topological polar surface area (TPSA) is 88.9 Å². The number of benzene rings is 1. The highest BCUT2D eigenvalue weighted by atomic mass is 32.2. The van der Waals surface area contributed by atoms with Crippen LogP contribution in [-0.2, 0) is 4.79 Å². The summed E-state index contributed by atoms with van der Waals surface area (Å²) in [5.74, 6) is 0.517. The fraction of sp³-hybridized carbons (Fsp3) is 0.474. The largest absolute Gasteiger partial charge is 0.325 e. The molecule has 144 valence electrons. The van der Waals surface area contributed by atoms with Crippen LogP contribution >= 0.6 is 11.8 Å². The SMILES string of the molecule is Cc1nnc(SC(C)C(=O)NC(=O)Nc2ccccc2)n1C1CCCCC1. The number of imide groups is 1. The molecule has 2 aromatic rings. The fourth-order valence-corrected chi connectivity index (χ4v) is 4.26. The zero-order valence-corrected chi connectivity index (χ0v) is 16.5. The normalized spacial score (nSPS) is 15.9. The van der Waals surface area contributed by atoms with Gasteiger partial charge in [-0.2, -0.15) is 0 Å². The van der Waals surface area contributed by atoms with Crippen molar-refractivity contribution < 1.29 is 9.59 Å². The summed E-state index contributed by atoms with van der Waals surface area (Å²) >= 11 is 1.34. The van der Waals surface area contributed by atoms with Crippen molar-refractivity contribution in [3.05, 3.63) is 36.2 Å². The Labute approximate surface area is 163 Å². The second kappa shape index (κ2) is 9.03. The molecule has 8 heteroatoms. The lowest BCUT2D eigenvalue weighted by atomic mass is 9.95. The number of amides is 3. The molecule has 1 saturated carbocycles. The number of aromatic nitrogens is 3. The number of anilines is 1. The smallest absolute Gasteiger partial charge is 0.308 e. The number of hydrogen-bond donors (Lipinski definition) is 2. The molecule has 1 aromatic carbocycles. The molecule has 7 nitrogen and oxygen atoms in total. The minimum atomic E-state index is -0.538. The van der Waals surface area contributed by atoms with Gasteiger partial charge in [-0.05, 0) is 38.8 Å². The summed E-state index contributed by atoms with van der Waals surface area (Å²) in [7, 11) is 0. The van der Waals surface area contributed by atoms with E-state index in [1.165, 1.54) is 31.0 Å². The Kier molecular flexibility index (Phi) is 6.49. The number of hydrogen-bond acceptors (Lipinski definition) is 5. The van der Waals surface area contributed by atoms with Gasteiger partial charge < -0.3 is 9.88 Å². The number of urea groups is 1. The highest BCUT2D eigenvalue weighted by molar-refractivity contribution is 8.00. The molecule has 1 aliphatic carbocycles. The van der Waals surface area contributed by atoms with Gasteiger partial charge in [-0.1, -0.05) is 49.2 Å². The van der Waals surface area contributed by atoms with Gasteiger partial charge in [0.2, 0.25) is 5.91 Å². The number of para-hydroxylation sites is 1. The van der Waals surface area contributed by atoms with E-state index in [0.29, 0.717) is 11.7 Å². The maximum absolute atomic E-state index is 12.4. The van der Waals surface area contributed by atoms with Crippen molar-refractivity contribution in [3.63, 3.8) is 0 Å². The Hall–Kier alpha value is -2.35. The Morgan fingerprint density at radius 1 is 1.15 bits per heavy atom. The monoisotopic (exact) mass is 387 g/mol. The maximum Gasteiger partial charge on any atom is 0.325 e. The quantitative estimate of drug-likeness (QED) is 0.759. The van der Waals surface area contributed by atoms with Crippen LogP contribution < -0.4 is 10.6 Å². The number of nitrogens with zero attached hydrogens (tertiary/aromatic N) is 3. The van der Waals surface area contributed by atoms with Crippen LogP contribution in [0.4, 0.5) is 10.5 Å². The molecule has 0 bridgehead atoms. The Bertz CT molecular complexity index is 787. The lowest BCUT2D eigenvalue weighted by molar-refractivity contribution is -0.119. The zero-order valence-electron chi connectivity index (χ0n) is 15.6. The van der Waals surface area contributed by atoms with Crippen molar-refractivity contribution in [3.8, 4) is 0 Å². The summed E-state index contributed by atoms with van der Waals surface area (Å²) in [6, 6.07) is 8.87. The van der Waals surface area contributed by atoms with Crippen LogP contribution in [0.15, 0.2) is 35.5 Å². The van der Waals surface area contributed by atoms with Gasteiger partial charge in [-0.25, -0.2) is 4.79 Å². The third-order valence-corrected chi connectivity index (χ3v) is 5.75. The summed E-state index contributed by atoms with van der Waals surface area (Å²) in [4.78, 5) is 24.4. The molecular weight excluding hydrogens is 362 g/mol. The van der Waals surface area contributed by atoms with E-state index >= 15 is 0 Å². The van der Waals surface area contributed by atoms with Crippen molar-refractivity contribution in [1.82, 2.24) is 20.1 Å². The van der Waals surface area contributed by atoms with E-state index in [9.17, 15) is 9.59 Å². The predicted molar refractivity (Wildman–Crippen MR) is 106 cm³/mol. The molecule has 1 atom stereocenters. The van der Waals surface area contributed by atoms with Crippen LogP contribution in [0.2, 0.25) is 0 Å². The molecule has 2 N–H and O–H groups in total. The molecule has 1 heterocycles. The van der Waals surface area contributed by atoms with Crippen LogP contribution in [0, 0.1) is 6.92 Å². The Morgan fingerprint density at radius 3 is 2.56 bits per heavy atom. The second-order valence-electron chi connectivity index (χ2n) is 6.76. The molecular formula is C19H25N5O2S. The lowest BCUT2D eigenvalue weighted by Gasteiger charge is -2.25. The molecule has 0 aliphatic heterocycles. The van der Waals surface area contributed by atoms with Crippen molar-refractivity contribution in [2.45, 2.75) is 62.4 Å². The molecule has 0 spiro atoms. The van der Waals surface area contributed by atoms with Gasteiger partial charge in [0, 0.05) is 11.7 Å². The van der Waals surface area contributed by atoms with E-state index in [4.69, 9.17) is 0 Å². The van der Waals surface area contributed by atoms with Gasteiger partial charge >= 0.3 is 6.03 Å². The molecule has 0 saturated heterocycles. The standard InChI is InChI=1S/C19H25N5O2S/c1-13(17(25)21-18(26)20-15-9-5-3-6-10-15)27-19-23-22-14(2)24(19)16-11-7-4-8-12-16/h3,5-6,9-10,13,16H,4,7-8,11-12H2,1-2H3,(H2,20,21,25,26). The number of rotatable bonds is 5. The third-order valence-electron chi connectivity index (χ3n) is 4.69. The minimum absolute atomic E-state index is 0.357. The number of thioether (sulfide) groups is 1.